The van der Waals surface area contributed by atoms with E-state index in [1.54, 1.807) is 0 Å². The Morgan fingerprint density at radius 1 is 1.24 bits per heavy atom. The van der Waals surface area contributed by atoms with Crippen LogP contribution in [0, 0.1) is 0 Å². The molecule has 0 radical (unpaired) electrons. The largest absolute Gasteiger partial charge is 0.694 e. The molecule has 0 aromatic heterocycles. The van der Waals surface area contributed by atoms with Crippen LogP contribution in [0.4, 0.5) is 0 Å². The van der Waals surface area contributed by atoms with E-state index in [0.29, 0.717) is 6.42 Å². The molecule has 1 aromatic rings. The summed E-state index contributed by atoms with van der Waals surface area (Å²) in [6, 6.07) is 5.50. The normalized spacial score (nSPS) is 11.8. The standard InChI is InChI=1S/C8H9O6PS.Zr/c9-15(10)14-6-5-7-1-3-8(4-2-7)16(11,12)13;/h1-4H,5-6H2,(H-,9,10,11,12,13);/p+1. The summed E-state index contributed by atoms with van der Waals surface area (Å²) in [5, 5.41) is 0. The molecule has 1 atom stereocenters. The molecule has 1 aromatic carbocycles. The molecule has 1 rings (SSSR count). The van der Waals surface area contributed by atoms with E-state index in [0.717, 1.165) is 5.56 Å². The summed E-state index contributed by atoms with van der Waals surface area (Å²) >= 11 is 0. The molecular weight excluding hydrogens is 346 g/mol. The van der Waals surface area contributed by atoms with Gasteiger partial charge in [0.25, 0.3) is 10.1 Å². The second-order valence-electron chi connectivity index (χ2n) is 2.94. The molecule has 17 heavy (non-hydrogen) atoms. The molecule has 2 N–H and O–H groups in total. The first-order valence-electron chi connectivity index (χ1n) is 4.25. The first-order valence-corrected chi connectivity index (χ1v) is 6.82. The van der Waals surface area contributed by atoms with Crippen molar-refractivity contribution < 1.29 is 53.2 Å². The Morgan fingerprint density at radius 2 is 1.76 bits per heavy atom. The van der Waals surface area contributed by atoms with Crippen LogP contribution in [0.5, 0.6) is 0 Å². The molecular formula is C8H10O6PSZr+. The molecule has 0 aliphatic rings. The Hall–Kier alpha value is 0.0331. The van der Waals surface area contributed by atoms with E-state index in [-0.39, 0.29) is 37.7 Å². The van der Waals surface area contributed by atoms with Gasteiger partial charge < -0.3 is 0 Å². The van der Waals surface area contributed by atoms with Crippen LogP contribution in [0.15, 0.2) is 29.2 Å². The van der Waals surface area contributed by atoms with Crippen LogP contribution in [-0.2, 0) is 51.8 Å². The van der Waals surface area contributed by atoms with Crippen LogP contribution < -0.4 is 0 Å². The molecule has 1 unspecified atom stereocenters. The summed E-state index contributed by atoms with van der Waals surface area (Å²) in [5.74, 6) is 0. The fraction of sp³-hybridized carbons (Fsp3) is 0.250. The minimum atomic E-state index is -4.17. The quantitative estimate of drug-likeness (QED) is 0.606. The van der Waals surface area contributed by atoms with E-state index in [1.807, 2.05) is 0 Å². The minimum Gasteiger partial charge on any atom is -0.282 e. The molecule has 9 heteroatoms. The zero-order chi connectivity index (χ0) is 12.2. The predicted molar refractivity (Wildman–Crippen MR) is 55.7 cm³/mol. The van der Waals surface area contributed by atoms with Crippen LogP contribution in [0.1, 0.15) is 5.56 Å². The first-order chi connectivity index (χ1) is 7.39. The Balaban J connectivity index is 0.00000256. The number of hydrogen-bond donors (Lipinski definition) is 2. The van der Waals surface area contributed by atoms with Gasteiger partial charge in [0.1, 0.15) is 6.61 Å². The third-order valence-corrected chi connectivity index (χ3v) is 3.09. The SMILES string of the molecule is O=[P+](O)OCCc1ccc(S(=O)(=O)O)cc1.[Zr]. The topological polar surface area (TPSA) is 101 Å². The van der Waals surface area contributed by atoms with Crippen molar-refractivity contribution in [2.45, 2.75) is 11.3 Å². The molecule has 0 aliphatic carbocycles. The summed E-state index contributed by atoms with van der Waals surface area (Å²) < 4.78 is 44.7. The second-order valence-corrected chi connectivity index (χ2v) is 5.10. The van der Waals surface area contributed by atoms with E-state index in [9.17, 15) is 13.0 Å². The van der Waals surface area contributed by atoms with Gasteiger partial charge in [-0.2, -0.15) is 8.42 Å². The maximum atomic E-state index is 10.7. The van der Waals surface area contributed by atoms with Gasteiger partial charge >= 0.3 is 8.25 Å². The number of rotatable bonds is 5. The van der Waals surface area contributed by atoms with Gasteiger partial charge in [0.15, 0.2) is 0 Å². The van der Waals surface area contributed by atoms with Crippen molar-refractivity contribution in [2.75, 3.05) is 6.61 Å². The summed E-state index contributed by atoms with van der Waals surface area (Å²) in [7, 11) is -6.78. The average molecular weight is 356 g/mol. The molecule has 0 heterocycles. The second kappa shape index (κ2) is 7.46. The van der Waals surface area contributed by atoms with Crippen molar-refractivity contribution in [3.05, 3.63) is 29.8 Å². The molecule has 0 bridgehead atoms. The summed E-state index contributed by atoms with van der Waals surface area (Å²) in [6.07, 6.45) is 0.382. The zero-order valence-electron chi connectivity index (χ0n) is 8.61. The third kappa shape index (κ3) is 6.50. The van der Waals surface area contributed by atoms with Gasteiger partial charge in [-0.05, 0) is 17.7 Å². The van der Waals surface area contributed by atoms with Crippen molar-refractivity contribution in [1.82, 2.24) is 0 Å². The first kappa shape index (κ1) is 17.0. The molecule has 0 saturated carbocycles. The van der Waals surface area contributed by atoms with Crippen molar-refractivity contribution in [1.29, 1.82) is 0 Å². The van der Waals surface area contributed by atoms with Gasteiger partial charge in [-0.25, -0.2) is 0 Å². The summed E-state index contributed by atoms with van der Waals surface area (Å²) in [5.41, 5.74) is 0.740. The monoisotopic (exact) mass is 355 g/mol. The molecule has 6 nitrogen and oxygen atoms in total. The van der Waals surface area contributed by atoms with E-state index in [1.165, 1.54) is 24.3 Å². The van der Waals surface area contributed by atoms with E-state index in [2.05, 4.69) is 4.52 Å². The van der Waals surface area contributed by atoms with Crippen LogP contribution in [-0.4, -0.2) is 24.5 Å². The fourth-order valence-electron chi connectivity index (χ4n) is 1.07. The minimum absolute atomic E-state index is 0. The summed E-state index contributed by atoms with van der Waals surface area (Å²) in [4.78, 5) is 8.17. The third-order valence-electron chi connectivity index (χ3n) is 1.81. The van der Waals surface area contributed by atoms with Crippen LogP contribution in [0.2, 0.25) is 0 Å². The Kier molecular flexibility index (Phi) is 7.48. The van der Waals surface area contributed by atoms with Crippen molar-refractivity contribution in [2.24, 2.45) is 0 Å². The van der Waals surface area contributed by atoms with E-state index in [4.69, 9.17) is 9.45 Å². The Bertz CT molecular complexity index is 471. The maximum Gasteiger partial charge on any atom is 0.694 e. The number of benzene rings is 1. The average Bonchev–Trinajstić information content (AvgIpc) is 2.16. The van der Waals surface area contributed by atoms with Gasteiger partial charge in [-0.1, -0.05) is 12.1 Å². The van der Waals surface area contributed by atoms with Crippen molar-refractivity contribution in [3.63, 3.8) is 0 Å². The Morgan fingerprint density at radius 3 is 2.18 bits per heavy atom. The zero-order valence-corrected chi connectivity index (χ0v) is 12.8. The van der Waals surface area contributed by atoms with Crippen LogP contribution >= 0.6 is 8.25 Å². The van der Waals surface area contributed by atoms with Gasteiger partial charge in [-0.3, -0.25) is 4.55 Å². The van der Waals surface area contributed by atoms with Gasteiger partial charge in [0, 0.05) is 37.2 Å². The van der Waals surface area contributed by atoms with Crippen molar-refractivity contribution in [3.8, 4) is 0 Å². The maximum absolute atomic E-state index is 10.7. The van der Waals surface area contributed by atoms with Crippen LogP contribution in [0.25, 0.3) is 0 Å². The van der Waals surface area contributed by atoms with Gasteiger partial charge in [-0.15, -0.1) is 9.42 Å². The smallest absolute Gasteiger partial charge is 0.282 e. The molecule has 0 amide bonds. The molecule has 0 fully saturated rings. The van der Waals surface area contributed by atoms with Crippen LogP contribution in [0.3, 0.4) is 0 Å². The molecule has 0 spiro atoms. The van der Waals surface area contributed by atoms with E-state index < -0.39 is 18.4 Å². The number of hydrogen-bond acceptors (Lipinski definition) is 4. The molecule has 0 aliphatic heterocycles. The van der Waals surface area contributed by atoms with Gasteiger partial charge in [0.2, 0.25) is 0 Å². The van der Waals surface area contributed by atoms with Gasteiger partial charge in [0.05, 0.1) is 4.90 Å². The Labute approximate surface area is 119 Å². The fourth-order valence-corrected chi connectivity index (χ4v) is 1.80. The van der Waals surface area contributed by atoms with Crippen molar-refractivity contribution >= 4 is 18.4 Å². The molecule has 92 valence electrons. The summed E-state index contributed by atoms with van der Waals surface area (Å²) in [6.45, 7) is 0.0664. The molecule has 0 saturated heterocycles. The van der Waals surface area contributed by atoms with E-state index >= 15 is 0 Å². The predicted octanol–water partition coefficient (Wildman–Crippen LogP) is 1.14.